The van der Waals surface area contributed by atoms with Crippen molar-refractivity contribution < 1.29 is 14.3 Å². The van der Waals surface area contributed by atoms with Crippen molar-refractivity contribution in [3.8, 4) is 0 Å². The zero-order valence-electron chi connectivity index (χ0n) is 11.6. The van der Waals surface area contributed by atoms with Crippen molar-refractivity contribution in [1.29, 1.82) is 0 Å². The van der Waals surface area contributed by atoms with Crippen LogP contribution in [0.3, 0.4) is 0 Å². The van der Waals surface area contributed by atoms with Gasteiger partial charge in [0.25, 0.3) is 0 Å². The van der Waals surface area contributed by atoms with Gasteiger partial charge in [-0.3, -0.25) is 4.79 Å². The minimum absolute atomic E-state index is 0.0416. The molecule has 0 N–H and O–H groups in total. The standard InChI is InChI=1S/C15H16ClNO3/c1-9-14(15(19)20-3)11(8-13(18)17(9)2)10-6-4-5-7-12(10)16/h4-7,11H,8H2,1-3H3/t11-/m0/s1. The highest BCUT2D eigenvalue weighted by Gasteiger charge is 2.35. The molecule has 1 atom stereocenters. The number of allylic oxidation sites excluding steroid dienone is 1. The summed E-state index contributed by atoms with van der Waals surface area (Å²) in [6.07, 6.45) is 0.210. The van der Waals surface area contributed by atoms with Crippen molar-refractivity contribution in [2.24, 2.45) is 0 Å². The van der Waals surface area contributed by atoms with Crippen LogP contribution in [0.5, 0.6) is 0 Å². The minimum atomic E-state index is -0.424. The van der Waals surface area contributed by atoms with Crippen LogP contribution in [0.25, 0.3) is 0 Å². The molecule has 0 radical (unpaired) electrons. The molecule has 0 aliphatic carbocycles. The summed E-state index contributed by atoms with van der Waals surface area (Å²) < 4.78 is 4.86. The first-order valence-electron chi connectivity index (χ1n) is 6.27. The molecule has 4 nitrogen and oxygen atoms in total. The Morgan fingerprint density at radius 2 is 2.05 bits per heavy atom. The Hall–Kier alpha value is -1.81. The van der Waals surface area contributed by atoms with Gasteiger partial charge in [-0.15, -0.1) is 0 Å². The maximum Gasteiger partial charge on any atom is 0.336 e. The van der Waals surface area contributed by atoms with Gasteiger partial charge in [-0.05, 0) is 18.6 Å². The zero-order chi connectivity index (χ0) is 14.9. The Balaban J connectivity index is 2.58. The van der Waals surface area contributed by atoms with Gasteiger partial charge in [0.1, 0.15) is 0 Å². The van der Waals surface area contributed by atoms with Crippen LogP contribution in [0.15, 0.2) is 35.5 Å². The van der Waals surface area contributed by atoms with Gasteiger partial charge in [0, 0.05) is 30.1 Å². The van der Waals surface area contributed by atoms with Gasteiger partial charge in [-0.2, -0.15) is 0 Å². The maximum absolute atomic E-state index is 12.1. The van der Waals surface area contributed by atoms with E-state index in [2.05, 4.69) is 0 Å². The van der Waals surface area contributed by atoms with Crippen molar-refractivity contribution in [3.63, 3.8) is 0 Å². The highest BCUT2D eigenvalue weighted by atomic mass is 35.5. The highest BCUT2D eigenvalue weighted by Crippen LogP contribution is 2.39. The first kappa shape index (κ1) is 14.6. The number of carbonyl (C=O) groups is 2. The van der Waals surface area contributed by atoms with E-state index in [0.29, 0.717) is 16.3 Å². The summed E-state index contributed by atoms with van der Waals surface area (Å²) in [5.74, 6) is -0.827. The molecule has 1 aromatic carbocycles. The molecule has 0 bridgehead atoms. The molecule has 20 heavy (non-hydrogen) atoms. The first-order valence-corrected chi connectivity index (χ1v) is 6.65. The van der Waals surface area contributed by atoms with E-state index < -0.39 is 5.97 Å². The third-order valence-corrected chi connectivity index (χ3v) is 4.02. The zero-order valence-corrected chi connectivity index (χ0v) is 12.4. The molecule has 0 saturated carbocycles. The number of carbonyl (C=O) groups excluding carboxylic acids is 2. The lowest BCUT2D eigenvalue weighted by atomic mass is 9.84. The number of rotatable bonds is 2. The highest BCUT2D eigenvalue weighted by molar-refractivity contribution is 6.31. The van der Waals surface area contributed by atoms with Crippen molar-refractivity contribution in [1.82, 2.24) is 4.90 Å². The molecule has 5 heteroatoms. The van der Waals surface area contributed by atoms with Crippen LogP contribution >= 0.6 is 11.6 Å². The molecule has 1 amide bonds. The quantitative estimate of drug-likeness (QED) is 0.788. The Morgan fingerprint density at radius 3 is 2.65 bits per heavy atom. The van der Waals surface area contributed by atoms with Crippen LogP contribution in [0.4, 0.5) is 0 Å². The predicted octanol–water partition coefficient (Wildman–Crippen LogP) is 2.73. The number of halogens is 1. The van der Waals surface area contributed by atoms with Crippen LogP contribution < -0.4 is 0 Å². The normalized spacial score (nSPS) is 19.3. The third-order valence-electron chi connectivity index (χ3n) is 3.68. The van der Waals surface area contributed by atoms with E-state index in [1.54, 1.807) is 20.0 Å². The van der Waals surface area contributed by atoms with E-state index in [-0.39, 0.29) is 18.2 Å². The number of benzene rings is 1. The SMILES string of the molecule is COC(=O)C1=C(C)N(C)C(=O)C[C@H]1c1ccccc1Cl. The van der Waals surface area contributed by atoms with Crippen molar-refractivity contribution in [2.75, 3.05) is 14.2 Å². The summed E-state index contributed by atoms with van der Waals surface area (Å²) in [6, 6.07) is 7.25. The number of amides is 1. The van der Waals surface area contributed by atoms with Crippen LogP contribution in [0.2, 0.25) is 5.02 Å². The number of esters is 1. The summed E-state index contributed by atoms with van der Waals surface area (Å²) in [5.41, 5.74) is 1.87. The minimum Gasteiger partial charge on any atom is -0.466 e. The summed E-state index contributed by atoms with van der Waals surface area (Å²) in [5, 5.41) is 0.545. The molecular weight excluding hydrogens is 278 g/mol. The average molecular weight is 294 g/mol. The van der Waals surface area contributed by atoms with Crippen LogP contribution in [0, 0.1) is 0 Å². The van der Waals surface area contributed by atoms with Gasteiger partial charge in [-0.1, -0.05) is 29.8 Å². The number of methoxy groups -OCH3 is 1. The molecule has 1 aromatic rings. The fourth-order valence-electron chi connectivity index (χ4n) is 2.46. The second-order valence-corrected chi connectivity index (χ2v) is 5.13. The lowest BCUT2D eigenvalue weighted by Crippen LogP contribution is -2.35. The van der Waals surface area contributed by atoms with Crippen molar-refractivity contribution >= 4 is 23.5 Å². The molecule has 0 fully saturated rings. The van der Waals surface area contributed by atoms with Gasteiger partial charge in [0.05, 0.1) is 12.7 Å². The molecule has 0 aromatic heterocycles. The summed E-state index contributed by atoms with van der Waals surface area (Å²) in [7, 11) is 2.99. The first-order chi connectivity index (χ1) is 9.47. The van der Waals surface area contributed by atoms with Crippen LogP contribution in [-0.2, 0) is 14.3 Å². The van der Waals surface area contributed by atoms with Crippen LogP contribution in [0.1, 0.15) is 24.8 Å². The molecule has 1 aliphatic rings. The molecular formula is C15H16ClNO3. The number of ether oxygens (including phenoxy) is 1. The lowest BCUT2D eigenvalue weighted by Gasteiger charge is -2.32. The van der Waals surface area contributed by atoms with Crippen molar-refractivity contribution in [3.05, 3.63) is 46.1 Å². The van der Waals surface area contributed by atoms with E-state index in [4.69, 9.17) is 16.3 Å². The fraction of sp³-hybridized carbons (Fsp3) is 0.333. The van der Waals surface area contributed by atoms with E-state index in [1.807, 2.05) is 18.2 Å². The van der Waals surface area contributed by atoms with Gasteiger partial charge < -0.3 is 9.64 Å². The summed E-state index contributed by atoms with van der Waals surface area (Å²) in [4.78, 5) is 25.6. The van der Waals surface area contributed by atoms with E-state index in [9.17, 15) is 9.59 Å². The largest absolute Gasteiger partial charge is 0.466 e. The maximum atomic E-state index is 12.1. The Bertz CT molecular complexity index is 595. The monoisotopic (exact) mass is 293 g/mol. The van der Waals surface area contributed by atoms with Crippen molar-refractivity contribution in [2.45, 2.75) is 19.3 Å². The molecule has 1 heterocycles. The Labute approximate surface area is 123 Å². The van der Waals surface area contributed by atoms with Gasteiger partial charge in [-0.25, -0.2) is 4.79 Å². The number of hydrogen-bond acceptors (Lipinski definition) is 3. The average Bonchev–Trinajstić information content (AvgIpc) is 2.44. The summed E-state index contributed by atoms with van der Waals surface area (Å²) in [6.45, 7) is 1.74. The smallest absolute Gasteiger partial charge is 0.336 e. The molecule has 0 saturated heterocycles. The van der Waals surface area contributed by atoms with Gasteiger partial charge in [0.2, 0.25) is 5.91 Å². The topological polar surface area (TPSA) is 46.6 Å². The molecule has 0 unspecified atom stereocenters. The van der Waals surface area contributed by atoms with E-state index in [0.717, 1.165) is 5.56 Å². The molecule has 106 valence electrons. The van der Waals surface area contributed by atoms with E-state index >= 15 is 0 Å². The molecule has 2 rings (SSSR count). The fourth-order valence-corrected chi connectivity index (χ4v) is 2.72. The number of hydrogen-bond donors (Lipinski definition) is 0. The molecule has 0 spiro atoms. The predicted molar refractivity (Wildman–Crippen MR) is 76.3 cm³/mol. The summed E-state index contributed by atoms with van der Waals surface area (Å²) >= 11 is 6.20. The second kappa shape index (κ2) is 5.67. The third kappa shape index (κ3) is 2.43. The Morgan fingerprint density at radius 1 is 1.40 bits per heavy atom. The molecule has 1 aliphatic heterocycles. The number of nitrogens with zero attached hydrogens (tertiary/aromatic N) is 1. The van der Waals surface area contributed by atoms with Gasteiger partial charge >= 0.3 is 5.97 Å². The van der Waals surface area contributed by atoms with Crippen LogP contribution in [-0.4, -0.2) is 30.9 Å². The van der Waals surface area contributed by atoms with Gasteiger partial charge in [0.15, 0.2) is 0 Å². The lowest BCUT2D eigenvalue weighted by molar-refractivity contribution is -0.137. The Kier molecular flexibility index (Phi) is 4.14. The second-order valence-electron chi connectivity index (χ2n) is 4.72. The van der Waals surface area contributed by atoms with E-state index in [1.165, 1.54) is 12.0 Å².